The molecule has 5 aromatic rings. The molecule has 0 aliphatic heterocycles. The number of nitrogens with zero attached hydrogens (tertiary/aromatic N) is 5. The van der Waals surface area contributed by atoms with Crippen LogP contribution >= 0.6 is 0 Å². The summed E-state index contributed by atoms with van der Waals surface area (Å²) in [7, 11) is 1.85. The van der Waals surface area contributed by atoms with Crippen molar-refractivity contribution >= 4 is 40.2 Å². The first-order valence-corrected chi connectivity index (χ1v) is 13.0. The van der Waals surface area contributed by atoms with Gasteiger partial charge in [-0.2, -0.15) is 5.10 Å². The predicted molar refractivity (Wildman–Crippen MR) is 153 cm³/mol. The third-order valence-corrected chi connectivity index (χ3v) is 7.24. The smallest absolute Gasteiger partial charge is 0.247 e. The van der Waals surface area contributed by atoms with Gasteiger partial charge in [0.1, 0.15) is 16.9 Å². The highest BCUT2D eigenvalue weighted by atomic mass is 19.1. The molecule has 3 N–H and O–H groups in total. The van der Waals surface area contributed by atoms with E-state index in [4.69, 9.17) is 5.73 Å². The fourth-order valence-electron chi connectivity index (χ4n) is 4.74. The van der Waals surface area contributed by atoms with Crippen molar-refractivity contribution in [3.05, 3.63) is 102 Å². The second kappa shape index (κ2) is 9.95. The van der Waals surface area contributed by atoms with Crippen LogP contribution in [0.1, 0.15) is 29.7 Å². The molecule has 3 heterocycles. The van der Waals surface area contributed by atoms with Crippen LogP contribution in [0, 0.1) is 30.0 Å². The van der Waals surface area contributed by atoms with Crippen molar-refractivity contribution in [3.8, 4) is 11.8 Å². The van der Waals surface area contributed by atoms with Gasteiger partial charge in [-0.25, -0.2) is 9.37 Å². The van der Waals surface area contributed by atoms with Crippen LogP contribution in [0.15, 0.2) is 79.4 Å². The lowest BCUT2D eigenvalue weighted by Crippen LogP contribution is -2.41. The molecular weight excluding hydrogens is 521 g/mol. The normalized spacial score (nSPS) is 13.3. The van der Waals surface area contributed by atoms with Crippen molar-refractivity contribution < 1.29 is 14.0 Å². The Balaban J connectivity index is 1.36. The van der Waals surface area contributed by atoms with Crippen molar-refractivity contribution in [1.29, 1.82) is 0 Å². The van der Waals surface area contributed by atoms with E-state index in [1.165, 1.54) is 29.2 Å². The summed E-state index contributed by atoms with van der Waals surface area (Å²) in [6.45, 7) is 1.92. The number of nitrogens with two attached hydrogens (primary N) is 1. The summed E-state index contributed by atoms with van der Waals surface area (Å²) >= 11 is 0. The number of nitrogens with one attached hydrogen (secondary N) is 1. The summed E-state index contributed by atoms with van der Waals surface area (Å²) in [4.78, 5) is 31.9. The molecule has 0 spiro atoms. The van der Waals surface area contributed by atoms with Crippen LogP contribution in [0.3, 0.4) is 0 Å². The topological polar surface area (TPSA) is 111 Å². The Hall–Kier alpha value is -5.43. The van der Waals surface area contributed by atoms with E-state index in [0.717, 1.165) is 16.9 Å². The highest BCUT2D eigenvalue weighted by Crippen LogP contribution is 2.49. The van der Waals surface area contributed by atoms with Gasteiger partial charge in [-0.3, -0.25) is 23.6 Å². The van der Waals surface area contributed by atoms with E-state index in [1.807, 2.05) is 49.0 Å². The van der Waals surface area contributed by atoms with Crippen LogP contribution in [0.25, 0.3) is 5.65 Å². The van der Waals surface area contributed by atoms with E-state index in [1.54, 1.807) is 29.2 Å². The second-order valence-electron chi connectivity index (χ2n) is 10.1. The Morgan fingerprint density at radius 1 is 1.07 bits per heavy atom. The molecule has 9 nitrogen and oxygen atoms in total. The molecule has 1 aliphatic carbocycles. The van der Waals surface area contributed by atoms with E-state index in [-0.39, 0.29) is 0 Å². The average Bonchev–Trinajstić information content (AvgIpc) is 3.53. The number of pyridine rings is 1. The van der Waals surface area contributed by atoms with Gasteiger partial charge in [-0.1, -0.05) is 12.0 Å². The van der Waals surface area contributed by atoms with E-state index < -0.39 is 23.0 Å². The SMILES string of the molecule is Cc1ccc(N(C(=O)C2(C(N)=O)CC2)c2ccc(F)cc2)cc1C#Cc1cnc2c(Nc3cnn(C)c3)cccn12. The van der Waals surface area contributed by atoms with Gasteiger partial charge in [0.2, 0.25) is 11.8 Å². The van der Waals surface area contributed by atoms with E-state index in [2.05, 4.69) is 27.2 Å². The maximum absolute atomic E-state index is 13.7. The zero-order valence-corrected chi connectivity index (χ0v) is 22.4. The molecule has 0 bridgehead atoms. The number of amides is 2. The predicted octanol–water partition coefficient (Wildman–Crippen LogP) is 4.59. The number of carbonyl (C=O) groups is 2. The van der Waals surface area contributed by atoms with Gasteiger partial charge in [-0.05, 0) is 79.8 Å². The molecule has 10 heteroatoms. The molecule has 2 aromatic carbocycles. The lowest BCUT2D eigenvalue weighted by molar-refractivity contribution is -0.133. The number of aromatic nitrogens is 4. The molecule has 3 aromatic heterocycles. The summed E-state index contributed by atoms with van der Waals surface area (Å²) in [5.41, 5.74) is 9.92. The molecule has 6 rings (SSSR count). The molecule has 204 valence electrons. The lowest BCUT2D eigenvalue weighted by atomic mass is 10.0. The Labute approximate surface area is 235 Å². The van der Waals surface area contributed by atoms with Gasteiger partial charge in [0.05, 0.1) is 29.5 Å². The van der Waals surface area contributed by atoms with Crippen LogP contribution in [-0.4, -0.2) is 31.0 Å². The summed E-state index contributed by atoms with van der Waals surface area (Å²) < 4.78 is 17.3. The third kappa shape index (κ3) is 4.78. The van der Waals surface area contributed by atoms with Crippen LogP contribution < -0.4 is 16.0 Å². The molecule has 41 heavy (non-hydrogen) atoms. The van der Waals surface area contributed by atoms with Crippen LogP contribution in [0.5, 0.6) is 0 Å². The largest absolute Gasteiger partial charge is 0.369 e. The molecule has 0 radical (unpaired) electrons. The first-order valence-electron chi connectivity index (χ1n) is 13.0. The fraction of sp³-hybridized carbons (Fsp3) is 0.161. The minimum Gasteiger partial charge on any atom is -0.369 e. The number of hydrogen-bond donors (Lipinski definition) is 2. The molecule has 1 saturated carbocycles. The molecule has 0 atom stereocenters. The number of primary amides is 1. The summed E-state index contributed by atoms with van der Waals surface area (Å²) in [5.74, 6) is 4.89. The van der Waals surface area contributed by atoms with Crippen molar-refractivity contribution in [1.82, 2.24) is 19.2 Å². The number of anilines is 4. The van der Waals surface area contributed by atoms with Crippen molar-refractivity contribution in [2.24, 2.45) is 18.2 Å². The Morgan fingerprint density at radius 3 is 2.51 bits per heavy atom. The summed E-state index contributed by atoms with van der Waals surface area (Å²) in [6, 6.07) is 14.8. The van der Waals surface area contributed by atoms with E-state index >= 15 is 0 Å². The van der Waals surface area contributed by atoms with Gasteiger partial charge in [0, 0.05) is 30.7 Å². The van der Waals surface area contributed by atoms with Crippen LogP contribution in [-0.2, 0) is 16.6 Å². The van der Waals surface area contributed by atoms with Crippen LogP contribution in [0.4, 0.5) is 27.1 Å². The monoisotopic (exact) mass is 547 g/mol. The van der Waals surface area contributed by atoms with Gasteiger partial charge in [0.25, 0.3) is 0 Å². The number of fused-ring (bicyclic) bond motifs is 1. The number of carbonyl (C=O) groups excluding carboxylic acids is 2. The number of halogens is 1. The Kier molecular flexibility index (Phi) is 6.27. The lowest BCUT2D eigenvalue weighted by Gasteiger charge is -2.27. The van der Waals surface area contributed by atoms with Crippen molar-refractivity contribution in [3.63, 3.8) is 0 Å². The summed E-state index contributed by atoms with van der Waals surface area (Å²) in [6.07, 6.45) is 7.95. The van der Waals surface area contributed by atoms with E-state index in [0.29, 0.717) is 41.1 Å². The highest BCUT2D eigenvalue weighted by molar-refractivity contribution is 6.16. The number of imidazole rings is 1. The zero-order chi connectivity index (χ0) is 28.7. The quantitative estimate of drug-likeness (QED) is 0.239. The second-order valence-corrected chi connectivity index (χ2v) is 10.1. The Bertz CT molecular complexity index is 1870. The van der Waals surface area contributed by atoms with Crippen molar-refractivity contribution in [2.45, 2.75) is 19.8 Å². The first kappa shape index (κ1) is 25.8. The van der Waals surface area contributed by atoms with Crippen LogP contribution in [0.2, 0.25) is 0 Å². The average molecular weight is 548 g/mol. The number of aryl methyl sites for hydroxylation is 2. The molecule has 1 aliphatic rings. The highest BCUT2D eigenvalue weighted by Gasteiger charge is 2.57. The number of rotatable bonds is 6. The summed E-state index contributed by atoms with van der Waals surface area (Å²) in [5, 5.41) is 7.52. The van der Waals surface area contributed by atoms with Gasteiger partial charge in [0.15, 0.2) is 5.65 Å². The Morgan fingerprint density at radius 2 is 1.83 bits per heavy atom. The zero-order valence-electron chi connectivity index (χ0n) is 22.4. The third-order valence-electron chi connectivity index (χ3n) is 7.24. The molecule has 0 saturated heterocycles. The molecular formula is C31H26FN7O2. The maximum atomic E-state index is 13.7. The number of benzene rings is 2. The number of hydrogen-bond acceptors (Lipinski definition) is 5. The van der Waals surface area contributed by atoms with Gasteiger partial charge in [-0.15, -0.1) is 0 Å². The molecule has 0 unspecified atom stereocenters. The van der Waals surface area contributed by atoms with Gasteiger partial charge >= 0.3 is 0 Å². The molecule has 1 fully saturated rings. The first-order chi connectivity index (χ1) is 19.7. The fourth-order valence-corrected chi connectivity index (χ4v) is 4.74. The maximum Gasteiger partial charge on any atom is 0.247 e. The van der Waals surface area contributed by atoms with Gasteiger partial charge < -0.3 is 11.1 Å². The molecule has 2 amide bonds. The standard InChI is InChI=1S/C31H26FN7O2/c1-20-5-9-25(39(24-11-7-22(32)8-12-24)30(41)31(13-14-31)29(33)40)16-21(20)6-10-26-18-34-28-27(4-3-15-38(26)28)36-23-17-35-37(2)19-23/h3-5,7-9,11-12,15-19,36H,13-14H2,1-2H3,(H2,33,40). The van der Waals surface area contributed by atoms with E-state index in [9.17, 15) is 14.0 Å². The minimum absolute atomic E-state index is 0.378. The van der Waals surface area contributed by atoms with Crippen molar-refractivity contribution in [2.75, 3.05) is 10.2 Å². The minimum atomic E-state index is -1.26.